The van der Waals surface area contributed by atoms with Gasteiger partial charge < -0.3 is 15.0 Å². The number of ether oxygens (including phenoxy) is 1. The van der Waals surface area contributed by atoms with Gasteiger partial charge in [-0.3, -0.25) is 9.78 Å². The summed E-state index contributed by atoms with van der Waals surface area (Å²) < 4.78 is 54.6. The Morgan fingerprint density at radius 1 is 1.33 bits per heavy atom. The summed E-state index contributed by atoms with van der Waals surface area (Å²) in [7, 11) is 0. The van der Waals surface area contributed by atoms with Crippen LogP contribution in [0.4, 0.5) is 17.6 Å². The van der Waals surface area contributed by atoms with E-state index in [0.717, 1.165) is 10.9 Å². The van der Waals surface area contributed by atoms with Crippen LogP contribution in [0, 0.1) is 11.7 Å². The van der Waals surface area contributed by atoms with Crippen LogP contribution in [-0.2, 0) is 4.79 Å². The summed E-state index contributed by atoms with van der Waals surface area (Å²) in [5, 5.41) is 3.79. The van der Waals surface area contributed by atoms with Crippen molar-refractivity contribution in [3.8, 4) is 5.75 Å². The lowest BCUT2D eigenvalue weighted by Gasteiger charge is -2.14. The molecule has 1 saturated carbocycles. The van der Waals surface area contributed by atoms with E-state index < -0.39 is 18.8 Å². The molecule has 5 nitrogen and oxygen atoms in total. The molecule has 1 aliphatic rings. The number of aromatic amines is 1. The fourth-order valence-corrected chi connectivity index (χ4v) is 3.55. The first kappa shape index (κ1) is 20.2. The Morgan fingerprint density at radius 2 is 2.13 bits per heavy atom. The van der Waals surface area contributed by atoms with Crippen LogP contribution in [0.1, 0.15) is 36.6 Å². The SMILES string of the molecule is CC(NC(=O)[C@@H]1C[C@H]1c1c[nH]c2cc(F)ccc12)c1ccc(OCC(F)(F)F)cn1. The molecule has 0 bridgehead atoms. The molecule has 1 aromatic carbocycles. The third-order valence-electron chi connectivity index (χ3n) is 5.17. The second kappa shape index (κ2) is 7.62. The summed E-state index contributed by atoms with van der Waals surface area (Å²) in [6.07, 6.45) is -0.707. The number of hydrogen-bond acceptors (Lipinski definition) is 3. The van der Waals surface area contributed by atoms with Gasteiger partial charge in [0.1, 0.15) is 11.6 Å². The van der Waals surface area contributed by atoms with Gasteiger partial charge in [-0.05, 0) is 55.2 Å². The minimum absolute atomic E-state index is 0.00707. The van der Waals surface area contributed by atoms with Gasteiger partial charge in [0.25, 0.3) is 0 Å². The molecule has 1 unspecified atom stereocenters. The number of pyridine rings is 1. The minimum atomic E-state index is -4.42. The highest BCUT2D eigenvalue weighted by molar-refractivity contribution is 5.88. The van der Waals surface area contributed by atoms with Gasteiger partial charge in [-0.1, -0.05) is 0 Å². The molecule has 0 spiro atoms. The van der Waals surface area contributed by atoms with E-state index in [-0.39, 0.29) is 29.3 Å². The van der Waals surface area contributed by atoms with E-state index in [4.69, 9.17) is 0 Å². The van der Waals surface area contributed by atoms with Crippen LogP contribution in [0.5, 0.6) is 5.75 Å². The maximum Gasteiger partial charge on any atom is 0.422 e. The van der Waals surface area contributed by atoms with Crippen LogP contribution in [0.3, 0.4) is 0 Å². The van der Waals surface area contributed by atoms with E-state index in [1.165, 1.54) is 30.5 Å². The number of alkyl halides is 3. The minimum Gasteiger partial charge on any atom is -0.483 e. The highest BCUT2D eigenvalue weighted by Crippen LogP contribution is 2.49. The molecule has 4 rings (SSSR count). The number of nitrogens with zero attached hydrogens (tertiary/aromatic N) is 1. The molecule has 0 aliphatic heterocycles. The molecule has 0 saturated heterocycles. The van der Waals surface area contributed by atoms with Crippen LogP contribution < -0.4 is 10.1 Å². The van der Waals surface area contributed by atoms with E-state index in [2.05, 4.69) is 20.0 Å². The number of rotatable bonds is 6. The second-order valence-electron chi connectivity index (χ2n) is 7.44. The van der Waals surface area contributed by atoms with Crippen molar-refractivity contribution in [1.29, 1.82) is 0 Å². The smallest absolute Gasteiger partial charge is 0.422 e. The fraction of sp³-hybridized carbons (Fsp3) is 0.333. The molecule has 158 valence electrons. The van der Waals surface area contributed by atoms with Crippen molar-refractivity contribution in [3.63, 3.8) is 0 Å². The molecule has 3 atom stereocenters. The third-order valence-corrected chi connectivity index (χ3v) is 5.17. The average molecular weight is 421 g/mol. The van der Waals surface area contributed by atoms with Gasteiger partial charge in [0, 0.05) is 23.0 Å². The van der Waals surface area contributed by atoms with Crippen LogP contribution in [-0.4, -0.2) is 28.7 Å². The molecule has 1 amide bonds. The lowest BCUT2D eigenvalue weighted by Crippen LogP contribution is -2.29. The molecule has 3 aromatic rings. The van der Waals surface area contributed by atoms with Crippen LogP contribution >= 0.6 is 0 Å². The van der Waals surface area contributed by atoms with E-state index in [9.17, 15) is 22.4 Å². The normalized spacial score (nSPS) is 19.5. The fourth-order valence-electron chi connectivity index (χ4n) is 3.55. The number of amides is 1. The first-order chi connectivity index (χ1) is 14.2. The van der Waals surface area contributed by atoms with Crippen LogP contribution in [0.2, 0.25) is 0 Å². The zero-order valence-corrected chi connectivity index (χ0v) is 16.0. The summed E-state index contributed by atoms with van der Waals surface area (Å²) >= 11 is 0. The highest BCUT2D eigenvalue weighted by atomic mass is 19.4. The van der Waals surface area contributed by atoms with Gasteiger partial charge >= 0.3 is 6.18 Å². The van der Waals surface area contributed by atoms with Crippen molar-refractivity contribution in [2.24, 2.45) is 5.92 Å². The Hall–Kier alpha value is -3.10. The quantitative estimate of drug-likeness (QED) is 0.571. The summed E-state index contributed by atoms with van der Waals surface area (Å²) in [5.74, 6) is -0.568. The predicted molar refractivity (Wildman–Crippen MR) is 101 cm³/mol. The molecule has 9 heteroatoms. The van der Waals surface area contributed by atoms with Gasteiger partial charge in [0.2, 0.25) is 5.91 Å². The second-order valence-corrected chi connectivity index (χ2v) is 7.44. The van der Waals surface area contributed by atoms with Crippen molar-refractivity contribution >= 4 is 16.8 Å². The van der Waals surface area contributed by atoms with Crippen molar-refractivity contribution in [2.45, 2.75) is 31.5 Å². The van der Waals surface area contributed by atoms with E-state index in [1.807, 2.05) is 6.20 Å². The highest BCUT2D eigenvalue weighted by Gasteiger charge is 2.45. The lowest BCUT2D eigenvalue weighted by atomic mass is 10.1. The number of carbonyl (C=O) groups is 1. The zero-order chi connectivity index (χ0) is 21.5. The largest absolute Gasteiger partial charge is 0.483 e. The van der Waals surface area contributed by atoms with Crippen molar-refractivity contribution in [2.75, 3.05) is 6.61 Å². The number of aromatic nitrogens is 2. The first-order valence-corrected chi connectivity index (χ1v) is 9.43. The number of H-pyrrole nitrogens is 1. The molecule has 0 radical (unpaired) electrons. The molecule has 1 fully saturated rings. The molecule has 2 N–H and O–H groups in total. The molecule has 1 aliphatic carbocycles. The number of nitrogens with one attached hydrogen (secondary N) is 2. The Bertz CT molecular complexity index is 1060. The Morgan fingerprint density at radius 3 is 2.83 bits per heavy atom. The third kappa shape index (κ3) is 4.39. The summed E-state index contributed by atoms with van der Waals surface area (Å²) in [6.45, 7) is 0.367. The molecule has 30 heavy (non-hydrogen) atoms. The maximum absolute atomic E-state index is 13.3. The Kier molecular flexibility index (Phi) is 5.13. The number of fused-ring (bicyclic) bond motifs is 1. The number of benzene rings is 1. The Balaban J connectivity index is 1.35. The summed E-state index contributed by atoms with van der Waals surface area (Å²) in [4.78, 5) is 19.7. The zero-order valence-electron chi connectivity index (χ0n) is 16.0. The van der Waals surface area contributed by atoms with Crippen molar-refractivity contribution in [1.82, 2.24) is 15.3 Å². The Labute approximate surface area is 169 Å². The van der Waals surface area contributed by atoms with Crippen molar-refractivity contribution < 1.29 is 27.1 Å². The number of carbonyl (C=O) groups excluding carboxylic acids is 1. The first-order valence-electron chi connectivity index (χ1n) is 9.43. The van der Waals surface area contributed by atoms with Crippen LogP contribution in [0.25, 0.3) is 10.9 Å². The lowest BCUT2D eigenvalue weighted by molar-refractivity contribution is -0.153. The van der Waals surface area contributed by atoms with E-state index in [1.54, 1.807) is 13.0 Å². The van der Waals surface area contributed by atoms with Gasteiger partial charge in [0.05, 0.1) is 17.9 Å². The average Bonchev–Trinajstić information content (AvgIpc) is 3.39. The maximum atomic E-state index is 13.3. The number of hydrogen-bond donors (Lipinski definition) is 2. The molecule has 2 aromatic heterocycles. The van der Waals surface area contributed by atoms with E-state index >= 15 is 0 Å². The summed E-state index contributed by atoms with van der Waals surface area (Å²) in [5.41, 5.74) is 2.20. The topological polar surface area (TPSA) is 67.0 Å². The van der Waals surface area contributed by atoms with Gasteiger partial charge in [0.15, 0.2) is 6.61 Å². The van der Waals surface area contributed by atoms with Gasteiger partial charge in [-0.2, -0.15) is 13.2 Å². The van der Waals surface area contributed by atoms with Gasteiger partial charge in [-0.15, -0.1) is 0 Å². The van der Waals surface area contributed by atoms with Crippen LogP contribution in [0.15, 0.2) is 42.7 Å². The number of halogens is 4. The predicted octanol–water partition coefficient (Wildman–Crippen LogP) is 4.62. The molecular weight excluding hydrogens is 402 g/mol. The standard InChI is InChI=1S/C21H19F4N3O2/c1-11(18-5-3-13(8-26-18)30-10-21(23,24)25)28-20(29)16-7-15(16)17-9-27-19-6-12(22)2-4-14(17)19/h2-6,8-9,11,15-16,27H,7,10H2,1H3,(H,28,29)/t11?,15-,16-/m1/s1. The summed E-state index contributed by atoms with van der Waals surface area (Å²) in [6, 6.07) is 7.03. The molecule has 2 heterocycles. The monoisotopic (exact) mass is 421 g/mol. The van der Waals surface area contributed by atoms with E-state index in [0.29, 0.717) is 17.6 Å². The van der Waals surface area contributed by atoms with Crippen molar-refractivity contribution in [3.05, 3.63) is 59.8 Å². The molecular formula is C21H19F4N3O2. The van der Waals surface area contributed by atoms with Gasteiger partial charge in [-0.25, -0.2) is 4.39 Å².